The van der Waals surface area contributed by atoms with Gasteiger partial charge in [-0.1, -0.05) is 12.8 Å². The number of rotatable bonds is 4. The van der Waals surface area contributed by atoms with Gasteiger partial charge in [0.1, 0.15) is 0 Å². The van der Waals surface area contributed by atoms with Crippen LogP contribution in [0.25, 0.3) is 0 Å². The Morgan fingerprint density at radius 2 is 1.94 bits per heavy atom. The van der Waals surface area contributed by atoms with Crippen LogP contribution in [0.2, 0.25) is 0 Å². The summed E-state index contributed by atoms with van der Waals surface area (Å²) in [6.45, 7) is 0.988. The Hall–Kier alpha value is -0.240. The van der Waals surface area contributed by atoms with E-state index in [4.69, 9.17) is 11.6 Å². The number of hydrogen-bond acceptors (Lipinski definition) is 1. The van der Waals surface area contributed by atoms with E-state index in [0.29, 0.717) is 24.2 Å². The highest BCUT2D eigenvalue weighted by atomic mass is 35.5. The Morgan fingerprint density at radius 3 is 2.62 bits per heavy atom. The molecule has 1 aliphatic heterocycles. The fourth-order valence-electron chi connectivity index (χ4n) is 3.30. The predicted molar refractivity (Wildman–Crippen MR) is 66.6 cm³/mol. The first-order valence-corrected chi connectivity index (χ1v) is 7.22. The summed E-state index contributed by atoms with van der Waals surface area (Å²) in [6.07, 6.45) is 9.32. The fourth-order valence-corrected chi connectivity index (χ4v) is 3.43. The molecule has 1 saturated heterocycles. The quantitative estimate of drug-likeness (QED) is 0.695. The van der Waals surface area contributed by atoms with Gasteiger partial charge in [0.25, 0.3) is 0 Å². The average molecular weight is 244 g/mol. The molecule has 1 aliphatic carbocycles. The van der Waals surface area contributed by atoms with Crippen molar-refractivity contribution >= 4 is 17.5 Å². The maximum absolute atomic E-state index is 12.0. The molecule has 0 aromatic heterocycles. The first kappa shape index (κ1) is 12.2. The third-order valence-corrected chi connectivity index (χ3v) is 4.36. The van der Waals surface area contributed by atoms with Gasteiger partial charge in [0.15, 0.2) is 0 Å². The van der Waals surface area contributed by atoms with Crippen molar-refractivity contribution in [2.24, 2.45) is 5.92 Å². The molecule has 0 radical (unpaired) electrons. The topological polar surface area (TPSA) is 20.3 Å². The van der Waals surface area contributed by atoms with Crippen molar-refractivity contribution < 1.29 is 4.79 Å². The lowest BCUT2D eigenvalue weighted by molar-refractivity contribution is -0.132. The Balaban J connectivity index is 1.89. The van der Waals surface area contributed by atoms with Crippen LogP contribution in [0.4, 0.5) is 0 Å². The van der Waals surface area contributed by atoms with E-state index in [-0.39, 0.29) is 0 Å². The lowest BCUT2D eigenvalue weighted by Crippen LogP contribution is -2.39. The summed E-state index contributed by atoms with van der Waals surface area (Å²) >= 11 is 5.65. The van der Waals surface area contributed by atoms with Gasteiger partial charge in [0.05, 0.1) is 0 Å². The second kappa shape index (κ2) is 5.90. The summed E-state index contributed by atoms with van der Waals surface area (Å²) in [5.41, 5.74) is 0. The Kier molecular flexibility index (Phi) is 4.51. The first-order chi connectivity index (χ1) is 7.83. The zero-order valence-corrected chi connectivity index (χ0v) is 10.7. The molecule has 2 rings (SSSR count). The molecule has 1 unspecified atom stereocenters. The van der Waals surface area contributed by atoms with Crippen LogP contribution in [0.15, 0.2) is 0 Å². The summed E-state index contributed by atoms with van der Waals surface area (Å²) < 4.78 is 0. The molecule has 92 valence electrons. The fraction of sp³-hybridized carbons (Fsp3) is 0.923. The molecule has 2 nitrogen and oxygen atoms in total. The van der Waals surface area contributed by atoms with Gasteiger partial charge in [-0.3, -0.25) is 4.79 Å². The lowest BCUT2D eigenvalue weighted by atomic mass is 9.96. The second-order valence-electron chi connectivity index (χ2n) is 5.13. The number of carbonyl (C=O) groups excluding carboxylic acids is 1. The van der Waals surface area contributed by atoms with Crippen LogP contribution in [-0.4, -0.2) is 29.3 Å². The number of likely N-dealkylation sites (tertiary alicyclic amines) is 1. The largest absolute Gasteiger partial charge is 0.339 e. The van der Waals surface area contributed by atoms with Gasteiger partial charge >= 0.3 is 0 Å². The van der Waals surface area contributed by atoms with Gasteiger partial charge in [-0.15, -0.1) is 11.6 Å². The van der Waals surface area contributed by atoms with Crippen LogP contribution < -0.4 is 0 Å². The average Bonchev–Trinajstić information content (AvgIpc) is 2.94. The van der Waals surface area contributed by atoms with Crippen LogP contribution >= 0.6 is 11.6 Å². The van der Waals surface area contributed by atoms with Gasteiger partial charge in [-0.25, -0.2) is 0 Å². The zero-order valence-electron chi connectivity index (χ0n) is 9.96. The highest BCUT2D eigenvalue weighted by molar-refractivity contribution is 6.17. The van der Waals surface area contributed by atoms with Crippen LogP contribution in [0.5, 0.6) is 0 Å². The number of amides is 1. The van der Waals surface area contributed by atoms with E-state index in [1.165, 1.54) is 38.5 Å². The Morgan fingerprint density at radius 1 is 1.19 bits per heavy atom. The monoisotopic (exact) mass is 243 g/mol. The molecule has 0 N–H and O–H groups in total. The number of carbonyl (C=O) groups is 1. The Bertz CT molecular complexity index is 238. The van der Waals surface area contributed by atoms with Crippen molar-refractivity contribution in [3.63, 3.8) is 0 Å². The van der Waals surface area contributed by atoms with Crippen LogP contribution in [0.3, 0.4) is 0 Å². The van der Waals surface area contributed by atoms with E-state index in [1.807, 2.05) is 0 Å². The van der Waals surface area contributed by atoms with Crippen LogP contribution in [-0.2, 0) is 4.79 Å². The molecule has 0 aromatic rings. The Labute approximate surface area is 103 Å². The standard InChI is InChI=1S/C13H22ClNO/c14-9-3-8-13(16)15-10-4-7-12(15)11-5-1-2-6-11/h11-12H,1-10H2. The van der Waals surface area contributed by atoms with Crippen molar-refractivity contribution in [3.8, 4) is 0 Å². The molecular weight excluding hydrogens is 222 g/mol. The van der Waals surface area contributed by atoms with E-state index < -0.39 is 0 Å². The predicted octanol–water partition coefficient (Wildman–Crippen LogP) is 3.19. The zero-order chi connectivity index (χ0) is 11.4. The maximum atomic E-state index is 12.0. The van der Waals surface area contributed by atoms with E-state index in [9.17, 15) is 4.79 Å². The molecule has 16 heavy (non-hydrogen) atoms. The third-order valence-electron chi connectivity index (χ3n) is 4.09. The van der Waals surface area contributed by atoms with Gasteiger partial charge < -0.3 is 4.90 Å². The molecule has 1 amide bonds. The summed E-state index contributed by atoms with van der Waals surface area (Å²) in [7, 11) is 0. The van der Waals surface area contributed by atoms with Gasteiger partial charge in [0, 0.05) is 24.9 Å². The molecule has 2 fully saturated rings. The number of halogens is 1. The van der Waals surface area contributed by atoms with Gasteiger partial charge in [-0.2, -0.15) is 0 Å². The van der Waals surface area contributed by atoms with Crippen molar-refractivity contribution in [1.29, 1.82) is 0 Å². The minimum atomic E-state index is 0.343. The SMILES string of the molecule is O=C(CCCCl)N1CCCC1C1CCCC1. The number of nitrogens with zero attached hydrogens (tertiary/aromatic N) is 1. The highest BCUT2D eigenvalue weighted by Gasteiger charge is 2.35. The molecule has 1 saturated carbocycles. The van der Waals surface area contributed by atoms with Crippen LogP contribution in [0.1, 0.15) is 51.4 Å². The molecule has 3 heteroatoms. The number of hydrogen-bond donors (Lipinski definition) is 0. The molecule has 0 bridgehead atoms. The van der Waals surface area contributed by atoms with E-state index in [1.54, 1.807) is 0 Å². The molecule has 0 spiro atoms. The van der Waals surface area contributed by atoms with Crippen LogP contribution in [0, 0.1) is 5.92 Å². The third kappa shape index (κ3) is 2.71. The van der Waals surface area contributed by atoms with Crippen molar-refractivity contribution in [3.05, 3.63) is 0 Å². The van der Waals surface area contributed by atoms with E-state index in [2.05, 4.69) is 4.90 Å². The smallest absolute Gasteiger partial charge is 0.222 e. The summed E-state index contributed by atoms with van der Waals surface area (Å²) in [5, 5.41) is 0. The molecule has 1 heterocycles. The highest BCUT2D eigenvalue weighted by Crippen LogP contribution is 2.35. The van der Waals surface area contributed by atoms with Crippen molar-refractivity contribution in [2.75, 3.05) is 12.4 Å². The molecule has 1 atom stereocenters. The summed E-state index contributed by atoms with van der Waals surface area (Å²) in [4.78, 5) is 14.2. The second-order valence-corrected chi connectivity index (χ2v) is 5.51. The van der Waals surface area contributed by atoms with Crippen molar-refractivity contribution in [1.82, 2.24) is 4.90 Å². The number of alkyl halides is 1. The molecule has 0 aromatic carbocycles. The van der Waals surface area contributed by atoms with Gasteiger partial charge in [-0.05, 0) is 38.0 Å². The van der Waals surface area contributed by atoms with E-state index >= 15 is 0 Å². The van der Waals surface area contributed by atoms with Gasteiger partial charge in [0.2, 0.25) is 5.91 Å². The lowest BCUT2D eigenvalue weighted by Gasteiger charge is -2.29. The summed E-state index contributed by atoms with van der Waals surface area (Å²) in [5.74, 6) is 1.74. The maximum Gasteiger partial charge on any atom is 0.222 e. The van der Waals surface area contributed by atoms with E-state index in [0.717, 1.165) is 18.9 Å². The molecule has 2 aliphatic rings. The molecular formula is C13H22ClNO. The normalized spacial score (nSPS) is 26.6. The minimum Gasteiger partial charge on any atom is -0.339 e. The first-order valence-electron chi connectivity index (χ1n) is 6.68. The minimum absolute atomic E-state index is 0.343. The van der Waals surface area contributed by atoms with Crippen molar-refractivity contribution in [2.45, 2.75) is 57.4 Å². The summed E-state index contributed by atoms with van der Waals surface area (Å²) in [6, 6.07) is 0.560.